The van der Waals surface area contributed by atoms with Crippen LogP contribution < -0.4 is 15.1 Å². The van der Waals surface area contributed by atoms with E-state index in [-0.39, 0.29) is 11.9 Å². The maximum atomic E-state index is 12.6. The van der Waals surface area contributed by atoms with Gasteiger partial charge in [0.25, 0.3) is 5.91 Å². The van der Waals surface area contributed by atoms with Crippen LogP contribution in [0.1, 0.15) is 41.5 Å². The summed E-state index contributed by atoms with van der Waals surface area (Å²) in [6.45, 7) is 7.62. The van der Waals surface area contributed by atoms with Crippen LogP contribution in [0.4, 0.5) is 0 Å². The first-order chi connectivity index (χ1) is 13.2. The molecular weight excluding hydrogens is 340 g/mol. The van der Waals surface area contributed by atoms with Gasteiger partial charge in [0.15, 0.2) is 6.54 Å². The second-order valence-corrected chi connectivity index (χ2v) is 7.99. The highest BCUT2D eigenvalue weighted by atomic mass is 16.5. The zero-order valence-electron chi connectivity index (χ0n) is 16.1. The van der Waals surface area contributed by atoms with Crippen molar-refractivity contribution < 1.29 is 19.1 Å². The predicted molar refractivity (Wildman–Crippen MR) is 101 cm³/mol. The number of rotatable bonds is 5. The van der Waals surface area contributed by atoms with Gasteiger partial charge in [-0.1, -0.05) is 29.4 Å². The average Bonchev–Trinajstić information content (AvgIpc) is 3.08. The summed E-state index contributed by atoms with van der Waals surface area (Å²) in [5, 5.41) is 7.38. The number of nitrogens with one attached hydrogen (secondary N) is 3. The molecule has 1 fully saturated rings. The van der Waals surface area contributed by atoms with E-state index in [1.807, 2.05) is 13.0 Å². The minimum absolute atomic E-state index is 0.183. The van der Waals surface area contributed by atoms with E-state index in [4.69, 9.17) is 4.52 Å². The SMILES string of the molecule is Cc1cc(C[NH+]2CC[NH+](CC(=O)N[C@H]3CCCc4ccccc43)CC2)no1. The van der Waals surface area contributed by atoms with Gasteiger partial charge in [-0.15, -0.1) is 0 Å². The minimum Gasteiger partial charge on any atom is -0.361 e. The van der Waals surface area contributed by atoms with Gasteiger partial charge >= 0.3 is 0 Å². The van der Waals surface area contributed by atoms with Crippen molar-refractivity contribution in [2.75, 3.05) is 32.7 Å². The first-order valence-electron chi connectivity index (χ1n) is 10.1. The van der Waals surface area contributed by atoms with Crippen LogP contribution in [0.25, 0.3) is 0 Å². The Morgan fingerprint density at radius 3 is 2.78 bits per heavy atom. The lowest BCUT2D eigenvalue weighted by Gasteiger charge is -2.30. The molecule has 2 heterocycles. The van der Waals surface area contributed by atoms with E-state index in [0.29, 0.717) is 6.54 Å². The maximum absolute atomic E-state index is 12.6. The zero-order chi connectivity index (χ0) is 18.6. The zero-order valence-corrected chi connectivity index (χ0v) is 16.1. The first kappa shape index (κ1) is 18.2. The molecule has 4 rings (SSSR count). The van der Waals surface area contributed by atoms with Crippen LogP contribution in [0.2, 0.25) is 0 Å². The molecule has 3 N–H and O–H groups in total. The number of aromatic nitrogens is 1. The van der Waals surface area contributed by atoms with Crippen LogP contribution in [0.3, 0.4) is 0 Å². The molecular formula is C21H30N4O2+2. The van der Waals surface area contributed by atoms with E-state index >= 15 is 0 Å². The van der Waals surface area contributed by atoms with Gasteiger partial charge in [-0.2, -0.15) is 0 Å². The Kier molecular flexibility index (Phi) is 5.55. The van der Waals surface area contributed by atoms with Crippen molar-refractivity contribution in [2.45, 2.75) is 38.8 Å². The minimum atomic E-state index is 0.183. The normalized spacial score (nSPS) is 25.0. The Labute approximate surface area is 160 Å². The fourth-order valence-electron chi connectivity index (χ4n) is 4.44. The summed E-state index contributed by atoms with van der Waals surface area (Å²) >= 11 is 0. The molecule has 0 bridgehead atoms. The standard InChI is InChI=1S/C21H28N4O2/c1-16-13-18(23-27-16)14-24-9-11-25(12-10-24)15-21(26)22-20-8-4-6-17-5-2-3-7-19(17)20/h2-3,5,7,13,20H,4,6,8-12,14-15H2,1H3,(H,22,26)/p+2/t20-/m0/s1. The topological polar surface area (TPSA) is 64.0 Å². The van der Waals surface area contributed by atoms with E-state index < -0.39 is 0 Å². The highest BCUT2D eigenvalue weighted by molar-refractivity contribution is 5.77. The van der Waals surface area contributed by atoms with Gasteiger partial charge in [0.2, 0.25) is 0 Å². The summed E-state index contributed by atoms with van der Waals surface area (Å²) in [7, 11) is 0. The van der Waals surface area contributed by atoms with Crippen molar-refractivity contribution in [3.63, 3.8) is 0 Å². The molecule has 27 heavy (non-hydrogen) atoms. The number of carbonyl (C=O) groups is 1. The summed E-state index contributed by atoms with van der Waals surface area (Å²) < 4.78 is 5.16. The van der Waals surface area contributed by atoms with Gasteiger partial charge in [-0.3, -0.25) is 4.79 Å². The molecule has 144 valence electrons. The summed E-state index contributed by atoms with van der Waals surface area (Å²) in [6.07, 6.45) is 3.33. The molecule has 1 aromatic carbocycles. The highest BCUT2D eigenvalue weighted by Crippen LogP contribution is 2.29. The molecule has 0 saturated carbocycles. The van der Waals surface area contributed by atoms with Gasteiger partial charge < -0.3 is 19.6 Å². The Balaban J connectivity index is 1.24. The Morgan fingerprint density at radius 2 is 2.00 bits per heavy atom. The summed E-state index contributed by atoms with van der Waals surface area (Å²) in [6, 6.07) is 10.7. The van der Waals surface area contributed by atoms with Crippen LogP contribution in [0, 0.1) is 6.92 Å². The van der Waals surface area contributed by atoms with Gasteiger partial charge in [0.05, 0.1) is 6.04 Å². The highest BCUT2D eigenvalue weighted by Gasteiger charge is 2.27. The monoisotopic (exact) mass is 370 g/mol. The largest absolute Gasteiger partial charge is 0.361 e. The number of hydrogen-bond donors (Lipinski definition) is 3. The van der Waals surface area contributed by atoms with Gasteiger partial charge in [0, 0.05) is 6.07 Å². The van der Waals surface area contributed by atoms with Gasteiger partial charge in [-0.25, -0.2) is 0 Å². The Hall–Kier alpha value is -2.18. The van der Waals surface area contributed by atoms with Crippen LogP contribution >= 0.6 is 0 Å². The van der Waals surface area contributed by atoms with Crippen molar-refractivity contribution in [3.8, 4) is 0 Å². The number of fused-ring (bicyclic) bond motifs is 1. The number of benzene rings is 1. The van der Waals surface area contributed by atoms with E-state index in [0.717, 1.165) is 63.4 Å². The van der Waals surface area contributed by atoms with Crippen molar-refractivity contribution in [2.24, 2.45) is 0 Å². The number of hydrogen-bond acceptors (Lipinski definition) is 3. The number of nitrogens with zero attached hydrogens (tertiary/aromatic N) is 1. The Morgan fingerprint density at radius 1 is 1.22 bits per heavy atom. The van der Waals surface area contributed by atoms with Crippen molar-refractivity contribution >= 4 is 5.91 Å². The van der Waals surface area contributed by atoms with Crippen LogP contribution in [-0.4, -0.2) is 43.8 Å². The first-order valence-corrected chi connectivity index (χ1v) is 10.1. The number of piperazine rings is 1. The molecule has 6 nitrogen and oxygen atoms in total. The average molecular weight is 370 g/mol. The molecule has 6 heteroatoms. The maximum Gasteiger partial charge on any atom is 0.275 e. The van der Waals surface area contributed by atoms with Crippen molar-refractivity contribution in [1.29, 1.82) is 0 Å². The lowest BCUT2D eigenvalue weighted by molar-refractivity contribution is -1.02. The molecule has 2 aliphatic rings. The number of quaternary nitrogens is 2. The van der Waals surface area contributed by atoms with E-state index in [2.05, 4.69) is 34.7 Å². The van der Waals surface area contributed by atoms with Gasteiger partial charge in [-0.05, 0) is 37.3 Å². The Bertz CT molecular complexity index is 780. The quantitative estimate of drug-likeness (QED) is 0.663. The van der Waals surface area contributed by atoms with Crippen molar-refractivity contribution in [3.05, 3.63) is 52.9 Å². The summed E-state index contributed by atoms with van der Waals surface area (Å²) in [5.74, 6) is 1.05. The molecule has 1 aliphatic heterocycles. The fourth-order valence-corrected chi connectivity index (χ4v) is 4.44. The fraction of sp³-hybridized carbons (Fsp3) is 0.524. The summed E-state index contributed by atoms with van der Waals surface area (Å²) in [5.41, 5.74) is 3.73. The molecule has 0 unspecified atom stereocenters. The van der Waals surface area contributed by atoms with Crippen LogP contribution in [-0.2, 0) is 17.8 Å². The second-order valence-electron chi connectivity index (χ2n) is 7.99. The molecule has 1 aliphatic carbocycles. The smallest absolute Gasteiger partial charge is 0.275 e. The van der Waals surface area contributed by atoms with Crippen molar-refractivity contribution in [1.82, 2.24) is 10.5 Å². The molecule has 1 atom stereocenters. The van der Waals surface area contributed by atoms with Crippen LogP contribution in [0.5, 0.6) is 0 Å². The van der Waals surface area contributed by atoms with E-state index in [1.54, 1.807) is 0 Å². The third-order valence-electron chi connectivity index (χ3n) is 5.89. The molecule has 1 aromatic heterocycles. The molecule has 0 radical (unpaired) electrons. The summed E-state index contributed by atoms with van der Waals surface area (Å²) in [4.78, 5) is 15.5. The third kappa shape index (κ3) is 4.57. The van der Waals surface area contributed by atoms with E-state index in [1.165, 1.54) is 20.9 Å². The lowest BCUT2D eigenvalue weighted by atomic mass is 9.88. The number of aryl methyl sites for hydroxylation is 2. The second kappa shape index (κ2) is 8.23. The molecule has 1 amide bonds. The third-order valence-corrected chi connectivity index (χ3v) is 5.89. The number of carbonyl (C=O) groups excluding carboxylic acids is 1. The lowest BCUT2D eigenvalue weighted by Crippen LogP contribution is -3.28. The van der Waals surface area contributed by atoms with Crippen LogP contribution in [0.15, 0.2) is 34.9 Å². The predicted octanol–water partition coefficient (Wildman–Crippen LogP) is -0.540. The molecule has 0 spiro atoms. The van der Waals surface area contributed by atoms with Gasteiger partial charge in [0.1, 0.15) is 44.2 Å². The molecule has 1 saturated heterocycles. The number of amides is 1. The molecule has 2 aromatic rings. The van der Waals surface area contributed by atoms with E-state index in [9.17, 15) is 4.79 Å².